The maximum atomic E-state index is 13.8. The van der Waals surface area contributed by atoms with Crippen LogP contribution in [0.25, 0.3) is 15.9 Å². The lowest BCUT2D eigenvalue weighted by Gasteiger charge is -2.18. The molecule has 1 aliphatic rings. The molecular weight excluding hydrogens is 448 g/mol. The van der Waals surface area contributed by atoms with E-state index in [2.05, 4.69) is 39.0 Å². The molecule has 4 nitrogen and oxygen atoms in total. The molecule has 170 valence electrons. The number of hydrogen-bond acceptors (Lipinski definition) is 5. The van der Waals surface area contributed by atoms with Crippen LogP contribution in [0.3, 0.4) is 0 Å². The van der Waals surface area contributed by atoms with Crippen molar-refractivity contribution in [2.75, 3.05) is 12.4 Å². The summed E-state index contributed by atoms with van der Waals surface area (Å²) in [6, 6.07) is 16.1. The molecule has 2 aromatic heterocycles. The van der Waals surface area contributed by atoms with Gasteiger partial charge in [-0.05, 0) is 80.0 Å². The van der Waals surface area contributed by atoms with Gasteiger partial charge in [0.05, 0.1) is 17.7 Å². The predicted octanol–water partition coefficient (Wildman–Crippen LogP) is 6.36. The van der Waals surface area contributed by atoms with Crippen LogP contribution >= 0.6 is 23.1 Å². The van der Waals surface area contributed by atoms with E-state index in [0.717, 1.165) is 46.1 Å². The first kappa shape index (κ1) is 22.2. The number of thioether (sulfide) groups is 1. The summed E-state index contributed by atoms with van der Waals surface area (Å²) in [5, 5.41) is 1.55. The Morgan fingerprint density at radius 3 is 2.67 bits per heavy atom. The van der Waals surface area contributed by atoms with E-state index in [0.29, 0.717) is 18.3 Å². The fourth-order valence-corrected chi connectivity index (χ4v) is 6.84. The highest BCUT2D eigenvalue weighted by Crippen LogP contribution is 2.37. The summed E-state index contributed by atoms with van der Waals surface area (Å²) in [6.45, 7) is 7.00. The normalized spacial score (nSPS) is 15.5. The van der Waals surface area contributed by atoms with Gasteiger partial charge >= 0.3 is 0 Å². The van der Waals surface area contributed by atoms with Crippen molar-refractivity contribution in [3.05, 3.63) is 80.5 Å². The van der Waals surface area contributed by atoms with E-state index in [1.165, 1.54) is 21.6 Å². The monoisotopic (exact) mass is 476 g/mol. The molecule has 0 N–H and O–H groups in total. The third-order valence-corrected chi connectivity index (χ3v) is 8.14. The van der Waals surface area contributed by atoms with Crippen LogP contribution in [0.4, 0.5) is 0 Å². The summed E-state index contributed by atoms with van der Waals surface area (Å²) in [5.41, 5.74) is 4.53. The lowest BCUT2D eigenvalue weighted by Crippen LogP contribution is -2.23. The molecule has 0 radical (unpaired) electrons. The Balaban J connectivity index is 1.47. The van der Waals surface area contributed by atoms with E-state index in [-0.39, 0.29) is 5.56 Å². The third-order valence-electron chi connectivity index (χ3n) is 6.09. The van der Waals surface area contributed by atoms with Gasteiger partial charge in [0.25, 0.3) is 5.56 Å². The van der Waals surface area contributed by atoms with Crippen molar-refractivity contribution in [3.8, 4) is 11.4 Å². The van der Waals surface area contributed by atoms with Gasteiger partial charge in [-0.3, -0.25) is 9.36 Å². The van der Waals surface area contributed by atoms with Crippen molar-refractivity contribution in [3.63, 3.8) is 0 Å². The number of nitrogens with zero attached hydrogens (tertiary/aromatic N) is 2. The molecule has 2 aromatic carbocycles. The first-order valence-corrected chi connectivity index (χ1v) is 13.3. The number of benzene rings is 2. The maximum Gasteiger partial charge on any atom is 0.267 e. The summed E-state index contributed by atoms with van der Waals surface area (Å²) < 4.78 is 7.78. The van der Waals surface area contributed by atoms with Crippen LogP contribution in [0.15, 0.2) is 58.5 Å². The topological polar surface area (TPSA) is 44.1 Å². The number of rotatable bonds is 6. The minimum absolute atomic E-state index is 0.0518. The van der Waals surface area contributed by atoms with Crippen molar-refractivity contribution >= 4 is 33.3 Å². The van der Waals surface area contributed by atoms with E-state index in [1.54, 1.807) is 27.7 Å². The van der Waals surface area contributed by atoms with Gasteiger partial charge in [-0.15, -0.1) is 11.3 Å². The maximum absolute atomic E-state index is 13.8. The molecule has 1 unspecified atom stereocenters. The summed E-state index contributed by atoms with van der Waals surface area (Å²) in [7, 11) is 0. The van der Waals surface area contributed by atoms with Gasteiger partial charge in [-0.25, -0.2) is 4.98 Å². The van der Waals surface area contributed by atoms with Gasteiger partial charge in [0.1, 0.15) is 10.6 Å². The molecule has 33 heavy (non-hydrogen) atoms. The zero-order chi connectivity index (χ0) is 22.9. The fourth-order valence-electron chi connectivity index (χ4n) is 4.58. The zero-order valence-electron chi connectivity index (χ0n) is 19.3. The summed E-state index contributed by atoms with van der Waals surface area (Å²) in [6.07, 6.45) is 3.15. The van der Waals surface area contributed by atoms with Crippen LogP contribution in [0.5, 0.6) is 5.75 Å². The predicted molar refractivity (Wildman–Crippen MR) is 139 cm³/mol. The standard InChI is InChI=1S/C27H28N2O2S2/c1-17-9-10-22-23(16-17)33-25-24(22)26(30)29(20-7-5-4-6-8-20)27(28-25)32-12-11-31-21-14-18(2)13-19(3)15-21/h4-8,13-15,17H,9-12,16H2,1-3H3. The molecule has 0 saturated carbocycles. The van der Waals surface area contributed by atoms with Gasteiger partial charge in [0.15, 0.2) is 5.16 Å². The van der Waals surface area contributed by atoms with Crippen LogP contribution < -0.4 is 10.3 Å². The first-order chi connectivity index (χ1) is 16.0. The quantitative estimate of drug-likeness (QED) is 0.184. The molecule has 1 atom stereocenters. The third kappa shape index (κ3) is 4.59. The minimum atomic E-state index is 0.0518. The molecule has 0 spiro atoms. The zero-order valence-corrected chi connectivity index (χ0v) is 20.9. The van der Waals surface area contributed by atoms with Crippen molar-refractivity contribution in [2.24, 2.45) is 5.92 Å². The highest BCUT2D eigenvalue weighted by atomic mass is 32.2. The minimum Gasteiger partial charge on any atom is -0.493 e. The number of aromatic nitrogens is 2. The summed E-state index contributed by atoms with van der Waals surface area (Å²) in [4.78, 5) is 21.0. The molecule has 0 amide bonds. The average Bonchev–Trinajstić information content (AvgIpc) is 3.14. The summed E-state index contributed by atoms with van der Waals surface area (Å²) in [5.74, 6) is 2.26. The van der Waals surface area contributed by atoms with Crippen LogP contribution in [-0.4, -0.2) is 21.9 Å². The van der Waals surface area contributed by atoms with Crippen molar-refractivity contribution in [1.82, 2.24) is 9.55 Å². The summed E-state index contributed by atoms with van der Waals surface area (Å²) >= 11 is 3.28. The van der Waals surface area contributed by atoms with E-state index >= 15 is 0 Å². The molecular formula is C27H28N2O2S2. The first-order valence-electron chi connectivity index (χ1n) is 11.5. The molecule has 4 aromatic rings. The van der Waals surface area contributed by atoms with Gasteiger partial charge in [-0.1, -0.05) is 43.0 Å². The van der Waals surface area contributed by atoms with Crippen LogP contribution in [0, 0.1) is 19.8 Å². The van der Waals surface area contributed by atoms with Crippen molar-refractivity contribution in [1.29, 1.82) is 0 Å². The van der Waals surface area contributed by atoms with Crippen molar-refractivity contribution in [2.45, 2.75) is 45.2 Å². The van der Waals surface area contributed by atoms with Crippen LogP contribution in [0.1, 0.15) is 34.9 Å². The molecule has 0 saturated heterocycles. The molecule has 0 bridgehead atoms. The molecule has 2 heterocycles. The highest BCUT2D eigenvalue weighted by Gasteiger charge is 2.25. The average molecular weight is 477 g/mol. The van der Waals surface area contributed by atoms with E-state index in [9.17, 15) is 4.79 Å². The van der Waals surface area contributed by atoms with E-state index in [1.807, 2.05) is 30.3 Å². The number of thiophene rings is 1. The Kier molecular flexibility index (Phi) is 6.30. The highest BCUT2D eigenvalue weighted by molar-refractivity contribution is 7.99. The number of fused-ring (bicyclic) bond motifs is 3. The Labute approximate surface area is 202 Å². The second-order valence-electron chi connectivity index (χ2n) is 8.92. The smallest absolute Gasteiger partial charge is 0.267 e. The van der Waals surface area contributed by atoms with Crippen LogP contribution in [0.2, 0.25) is 0 Å². The SMILES string of the molecule is Cc1cc(C)cc(OCCSc2nc3sc4c(c3c(=O)n2-c2ccccc2)CCC(C)C4)c1. The van der Waals surface area contributed by atoms with Gasteiger partial charge in [-0.2, -0.15) is 0 Å². The molecule has 6 heteroatoms. The Hall–Kier alpha value is -2.57. The number of ether oxygens (including phenoxy) is 1. The Bertz CT molecular complexity index is 1340. The Morgan fingerprint density at radius 1 is 1.15 bits per heavy atom. The van der Waals surface area contributed by atoms with E-state index < -0.39 is 0 Å². The van der Waals surface area contributed by atoms with E-state index in [4.69, 9.17) is 9.72 Å². The molecule has 1 aliphatic carbocycles. The second-order valence-corrected chi connectivity index (χ2v) is 11.1. The molecule has 0 fully saturated rings. The van der Waals surface area contributed by atoms with Gasteiger partial charge < -0.3 is 4.74 Å². The number of hydrogen-bond donors (Lipinski definition) is 0. The lowest BCUT2D eigenvalue weighted by molar-refractivity contribution is 0.343. The number of aryl methyl sites for hydroxylation is 3. The largest absolute Gasteiger partial charge is 0.493 e. The molecule has 5 rings (SSSR count). The lowest BCUT2D eigenvalue weighted by atomic mass is 9.89. The number of para-hydroxylation sites is 1. The van der Waals surface area contributed by atoms with Crippen molar-refractivity contribution < 1.29 is 4.74 Å². The van der Waals surface area contributed by atoms with Crippen LogP contribution in [-0.2, 0) is 12.8 Å². The Morgan fingerprint density at radius 2 is 1.91 bits per heavy atom. The van der Waals surface area contributed by atoms with Gasteiger partial charge in [0.2, 0.25) is 0 Å². The van der Waals surface area contributed by atoms with Gasteiger partial charge in [0, 0.05) is 10.6 Å². The fraction of sp³-hybridized carbons (Fsp3) is 0.333. The second kappa shape index (κ2) is 9.35. The molecule has 0 aliphatic heterocycles.